The Morgan fingerprint density at radius 2 is 1.42 bits per heavy atom. The molecule has 0 saturated carbocycles. The number of hydrogen-bond donors (Lipinski definition) is 2. The first kappa shape index (κ1) is 26.6. The van der Waals surface area contributed by atoms with Crippen LogP contribution < -0.4 is 10.4 Å². The maximum absolute atomic E-state index is 13.9. The van der Waals surface area contributed by atoms with Gasteiger partial charge < -0.3 is 19.5 Å². The summed E-state index contributed by atoms with van der Waals surface area (Å²) in [4.78, 5) is 15.7. The Hall–Kier alpha value is -3.03. The van der Waals surface area contributed by atoms with Gasteiger partial charge in [-0.25, -0.2) is 0 Å². The number of carbonyl (C=O) groups excluding carboxylic acids is 1. The second kappa shape index (κ2) is 10.3. The fraction of sp³-hybridized carbons (Fsp3) is 0.344. The van der Waals surface area contributed by atoms with Crippen molar-refractivity contribution in [3.63, 3.8) is 0 Å². The van der Waals surface area contributed by atoms with Gasteiger partial charge in [0.1, 0.15) is 0 Å². The van der Waals surface area contributed by atoms with Gasteiger partial charge in [0, 0.05) is 18.4 Å². The molecule has 3 aromatic carbocycles. The van der Waals surface area contributed by atoms with E-state index in [9.17, 15) is 15.0 Å². The van der Waals surface area contributed by atoms with E-state index >= 15 is 0 Å². The van der Waals surface area contributed by atoms with Gasteiger partial charge in [0.2, 0.25) is 0 Å². The van der Waals surface area contributed by atoms with E-state index in [1.54, 1.807) is 29.2 Å². The molecule has 1 heterocycles. The van der Waals surface area contributed by atoms with Gasteiger partial charge in [-0.1, -0.05) is 112 Å². The van der Waals surface area contributed by atoms with Crippen LogP contribution in [0.5, 0.6) is 0 Å². The summed E-state index contributed by atoms with van der Waals surface area (Å²) >= 11 is 0. The minimum atomic E-state index is -2.83. The summed E-state index contributed by atoms with van der Waals surface area (Å²) in [7, 11) is -2.83. The molecule has 1 aliphatic heterocycles. The molecule has 38 heavy (non-hydrogen) atoms. The van der Waals surface area contributed by atoms with E-state index in [1.165, 1.54) is 10.4 Å². The maximum atomic E-state index is 13.9. The van der Waals surface area contributed by atoms with E-state index in [0.29, 0.717) is 12.0 Å². The summed E-state index contributed by atoms with van der Waals surface area (Å²) < 4.78 is 7.19. The van der Waals surface area contributed by atoms with E-state index in [0.717, 1.165) is 0 Å². The number of aliphatic hydroxyl groups excluding tert-OH is 1. The molecule has 0 radical (unpaired) electrons. The number of carbonyl (C=O) groups is 1. The highest BCUT2D eigenvalue weighted by atomic mass is 28.4. The second-order valence-electron chi connectivity index (χ2n) is 11.6. The van der Waals surface area contributed by atoms with Crippen LogP contribution in [0.2, 0.25) is 5.04 Å². The minimum Gasteiger partial charge on any atom is -0.405 e. The third-order valence-electron chi connectivity index (χ3n) is 8.08. The normalized spacial score (nSPS) is 25.3. The highest BCUT2D eigenvalue weighted by Crippen LogP contribution is 2.43. The lowest BCUT2D eigenvalue weighted by Gasteiger charge is -2.44. The molecule has 4 atom stereocenters. The first-order valence-electron chi connectivity index (χ1n) is 13.4. The SMILES string of the molecule is CC(C)(C)[Si](OCC1C[C@]2(O)C[C@@H](O)C=C[C@@H]2N1C(=O)c1ccccc1)(c1ccccc1)c1ccccc1. The first-order chi connectivity index (χ1) is 18.2. The van der Waals surface area contributed by atoms with Crippen molar-refractivity contribution in [2.75, 3.05) is 6.61 Å². The van der Waals surface area contributed by atoms with E-state index in [2.05, 4.69) is 69.3 Å². The van der Waals surface area contributed by atoms with Crippen LogP contribution in [0.3, 0.4) is 0 Å². The quantitative estimate of drug-likeness (QED) is 0.377. The van der Waals surface area contributed by atoms with Gasteiger partial charge in [-0.3, -0.25) is 4.79 Å². The standard InChI is InChI=1S/C32H37NO4Si/c1-31(2,3)38(27-15-9-5-10-16-27,28-17-11-6-12-18-28)37-23-25-21-32(36)22-26(34)19-20-29(32)33(25)30(35)24-13-7-4-8-14-24/h4-20,25-26,29,34,36H,21-23H2,1-3H3/t25?,26-,29-,32-/m0/s1. The Labute approximate surface area is 226 Å². The molecule has 1 fully saturated rings. The molecule has 2 aliphatic rings. The topological polar surface area (TPSA) is 70.0 Å². The molecular formula is C32H37NO4Si. The molecular weight excluding hydrogens is 490 g/mol. The van der Waals surface area contributed by atoms with E-state index < -0.39 is 26.1 Å². The largest absolute Gasteiger partial charge is 0.405 e. The van der Waals surface area contributed by atoms with Crippen LogP contribution >= 0.6 is 0 Å². The Bertz CT molecular complexity index is 1240. The summed E-state index contributed by atoms with van der Waals surface area (Å²) in [6.45, 7) is 6.97. The zero-order valence-corrected chi connectivity index (χ0v) is 23.3. The summed E-state index contributed by atoms with van der Waals surface area (Å²) in [6.07, 6.45) is 3.28. The number of hydrogen-bond acceptors (Lipinski definition) is 4. The predicted octanol–water partition coefficient (Wildman–Crippen LogP) is 3.90. The lowest BCUT2D eigenvalue weighted by atomic mass is 9.83. The molecule has 0 aromatic heterocycles. The van der Waals surface area contributed by atoms with Crippen molar-refractivity contribution in [3.8, 4) is 0 Å². The molecule has 1 unspecified atom stereocenters. The predicted molar refractivity (Wildman–Crippen MR) is 153 cm³/mol. The molecule has 5 nitrogen and oxygen atoms in total. The van der Waals surface area contributed by atoms with E-state index in [1.807, 2.05) is 30.3 Å². The average molecular weight is 528 g/mol. The minimum absolute atomic E-state index is 0.136. The maximum Gasteiger partial charge on any atom is 0.261 e. The van der Waals surface area contributed by atoms with E-state index in [-0.39, 0.29) is 30.0 Å². The van der Waals surface area contributed by atoms with Crippen molar-refractivity contribution >= 4 is 24.6 Å². The molecule has 1 aliphatic carbocycles. The van der Waals surface area contributed by atoms with Gasteiger partial charge in [0.15, 0.2) is 0 Å². The van der Waals surface area contributed by atoms with Crippen molar-refractivity contribution < 1.29 is 19.4 Å². The lowest BCUT2D eigenvalue weighted by molar-refractivity contribution is -0.0189. The third-order valence-corrected chi connectivity index (χ3v) is 13.1. The molecule has 5 rings (SSSR count). The van der Waals surface area contributed by atoms with Gasteiger partial charge in [-0.05, 0) is 27.5 Å². The van der Waals surface area contributed by atoms with Crippen molar-refractivity contribution in [2.45, 2.75) is 62.4 Å². The number of likely N-dealkylation sites (tertiary alicyclic amines) is 1. The Morgan fingerprint density at radius 1 is 0.895 bits per heavy atom. The Kier molecular flexibility index (Phi) is 7.18. The highest BCUT2D eigenvalue weighted by Gasteiger charge is 2.56. The molecule has 0 spiro atoms. The van der Waals surface area contributed by atoms with Crippen LogP contribution in [0.25, 0.3) is 0 Å². The number of nitrogens with zero attached hydrogens (tertiary/aromatic N) is 1. The van der Waals surface area contributed by atoms with Crippen LogP contribution in [0.15, 0.2) is 103 Å². The summed E-state index contributed by atoms with van der Waals surface area (Å²) in [5.41, 5.74) is -0.635. The molecule has 3 aromatic rings. The summed E-state index contributed by atoms with van der Waals surface area (Å²) in [5.74, 6) is -0.136. The fourth-order valence-electron chi connectivity index (χ4n) is 6.40. The molecule has 2 N–H and O–H groups in total. The molecule has 198 valence electrons. The van der Waals surface area contributed by atoms with Gasteiger partial charge >= 0.3 is 0 Å². The lowest BCUT2D eigenvalue weighted by Crippen LogP contribution is -2.67. The van der Waals surface area contributed by atoms with Crippen LogP contribution in [-0.4, -0.2) is 59.7 Å². The van der Waals surface area contributed by atoms with Gasteiger partial charge in [0.05, 0.1) is 30.4 Å². The van der Waals surface area contributed by atoms with E-state index in [4.69, 9.17) is 4.43 Å². The number of benzene rings is 3. The van der Waals surface area contributed by atoms with Crippen molar-refractivity contribution in [2.24, 2.45) is 0 Å². The number of rotatable bonds is 6. The molecule has 6 heteroatoms. The zero-order chi connectivity index (χ0) is 27.0. The average Bonchev–Trinajstić information content (AvgIpc) is 3.20. The highest BCUT2D eigenvalue weighted by molar-refractivity contribution is 6.99. The number of aliphatic hydroxyl groups is 2. The first-order valence-corrected chi connectivity index (χ1v) is 15.3. The summed E-state index contributed by atoms with van der Waals surface area (Å²) in [6, 6.07) is 29.2. The molecule has 0 bridgehead atoms. The van der Waals surface area contributed by atoms with Gasteiger partial charge in [0.25, 0.3) is 14.2 Å². The third kappa shape index (κ3) is 4.67. The van der Waals surface area contributed by atoms with Crippen molar-refractivity contribution in [3.05, 3.63) is 109 Å². The smallest absolute Gasteiger partial charge is 0.261 e. The molecule has 1 saturated heterocycles. The Balaban J connectivity index is 1.56. The summed E-state index contributed by atoms with van der Waals surface area (Å²) in [5, 5.41) is 24.2. The van der Waals surface area contributed by atoms with Gasteiger partial charge in [-0.2, -0.15) is 0 Å². The number of amides is 1. The van der Waals surface area contributed by atoms with Crippen LogP contribution in [-0.2, 0) is 4.43 Å². The Morgan fingerprint density at radius 3 is 1.95 bits per heavy atom. The van der Waals surface area contributed by atoms with Crippen LogP contribution in [0.1, 0.15) is 44.0 Å². The zero-order valence-electron chi connectivity index (χ0n) is 22.3. The van der Waals surface area contributed by atoms with Crippen LogP contribution in [0, 0.1) is 0 Å². The molecule has 1 amide bonds. The number of fused-ring (bicyclic) bond motifs is 1. The fourth-order valence-corrected chi connectivity index (χ4v) is 11.0. The van der Waals surface area contributed by atoms with Crippen molar-refractivity contribution in [1.82, 2.24) is 4.90 Å². The monoisotopic (exact) mass is 527 g/mol. The van der Waals surface area contributed by atoms with Crippen LogP contribution in [0.4, 0.5) is 0 Å². The second-order valence-corrected chi connectivity index (χ2v) is 15.9. The van der Waals surface area contributed by atoms with Gasteiger partial charge in [-0.15, -0.1) is 0 Å². The van der Waals surface area contributed by atoms with Crippen molar-refractivity contribution in [1.29, 1.82) is 0 Å².